The van der Waals surface area contributed by atoms with Crippen molar-refractivity contribution in [3.05, 3.63) is 59.7 Å². The van der Waals surface area contributed by atoms with E-state index in [9.17, 15) is 9.59 Å². The highest BCUT2D eigenvalue weighted by Crippen LogP contribution is 2.18. The number of carbonyl (C=O) groups is 2. The molecule has 0 spiro atoms. The third kappa shape index (κ3) is 4.58. The zero-order valence-electron chi connectivity index (χ0n) is 12.4. The van der Waals surface area contributed by atoms with Gasteiger partial charge in [-0.3, -0.25) is 4.79 Å². The molecular weight excluding hydrogens is 296 g/mol. The molecule has 2 aromatic carbocycles. The number of nitrogens with zero attached hydrogens (tertiary/aromatic N) is 1. The maximum absolute atomic E-state index is 12.1. The van der Waals surface area contributed by atoms with Crippen molar-refractivity contribution in [3.63, 3.8) is 0 Å². The second-order valence-electron chi connectivity index (χ2n) is 4.54. The molecule has 0 radical (unpaired) electrons. The smallest absolute Gasteiger partial charge is 0.343 e. The van der Waals surface area contributed by atoms with E-state index in [0.717, 1.165) is 0 Å². The zero-order chi connectivity index (χ0) is 16.7. The molecular formula is C17H14N2O4. The van der Waals surface area contributed by atoms with Crippen LogP contribution in [0.5, 0.6) is 5.75 Å². The Bertz CT molecular complexity index is 748. The van der Waals surface area contributed by atoms with Crippen molar-refractivity contribution in [1.82, 2.24) is 0 Å². The molecule has 116 valence electrons. The molecule has 0 heterocycles. The Labute approximate surface area is 133 Å². The lowest BCUT2D eigenvalue weighted by atomic mass is 10.1. The minimum atomic E-state index is -0.489. The van der Waals surface area contributed by atoms with Crippen LogP contribution in [-0.4, -0.2) is 25.6 Å². The first kappa shape index (κ1) is 16.0. The van der Waals surface area contributed by atoms with Gasteiger partial charge in [0.05, 0.1) is 18.7 Å². The number of anilines is 1. The number of methoxy groups -OCH3 is 1. The van der Waals surface area contributed by atoms with Gasteiger partial charge in [0.25, 0.3) is 5.91 Å². The molecule has 0 fully saturated rings. The first-order chi connectivity index (χ1) is 11.1. The van der Waals surface area contributed by atoms with Crippen LogP contribution in [0.4, 0.5) is 5.69 Å². The first-order valence-electron chi connectivity index (χ1n) is 6.73. The molecule has 0 aliphatic rings. The lowest BCUT2D eigenvalue weighted by Crippen LogP contribution is -2.13. The quantitative estimate of drug-likeness (QED) is 0.856. The lowest BCUT2D eigenvalue weighted by Gasteiger charge is -2.08. The highest BCUT2D eigenvalue weighted by Gasteiger charge is 2.07. The molecule has 0 aliphatic carbocycles. The van der Waals surface area contributed by atoms with Crippen LogP contribution < -0.4 is 10.1 Å². The number of rotatable bonds is 5. The minimum absolute atomic E-state index is 0.205. The largest absolute Gasteiger partial charge is 0.482 e. The number of amides is 1. The van der Waals surface area contributed by atoms with Crippen molar-refractivity contribution in [2.24, 2.45) is 0 Å². The van der Waals surface area contributed by atoms with Crippen LogP contribution >= 0.6 is 0 Å². The minimum Gasteiger partial charge on any atom is -0.482 e. The molecule has 2 aromatic rings. The van der Waals surface area contributed by atoms with E-state index < -0.39 is 5.97 Å². The summed E-state index contributed by atoms with van der Waals surface area (Å²) in [5.41, 5.74) is 1.45. The monoisotopic (exact) mass is 310 g/mol. The van der Waals surface area contributed by atoms with Gasteiger partial charge in [-0.05, 0) is 36.4 Å². The maximum atomic E-state index is 12.1. The van der Waals surface area contributed by atoms with Crippen LogP contribution in [0.2, 0.25) is 0 Å². The molecule has 0 bridgehead atoms. The number of carbonyl (C=O) groups excluding carboxylic acids is 2. The van der Waals surface area contributed by atoms with E-state index in [1.807, 2.05) is 6.07 Å². The van der Waals surface area contributed by atoms with Crippen LogP contribution in [0.15, 0.2) is 48.5 Å². The van der Waals surface area contributed by atoms with E-state index in [4.69, 9.17) is 10.00 Å². The van der Waals surface area contributed by atoms with Crippen molar-refractivity contribution >= 4 is 17.6 Å². The average Bonchev–Trinajstić information content (AvgIpc) is 2.60. The van der Waals surface area contributed by atoms with Crippen molar-refractivity contribution < 1.29 is 19.1 Å². The average molecular weight is 310 g/mol. The Morgan fingerprint density at radius 2 is 1.91 bits per heavy atom. The molecule has 0 unspecified atom stereocenters. The Hall–Kier alpha value is -3.33. The third-order valence-electron chi connectivity index (χ3n) is 2.95. The zero-order valence-corrected chi connectivity index (χ0v) is 12.4. The summed E-state index contributed by atoms with van der Waals surface area (Å²) in [6.45, 7) is -0.205. The number of hydrogen-bond donors (Lipinski definition) is 1. The van der Waals surface area contributed by atoms with Crippen LogP contribution in [-0.2, 0) is 9.53 Å². The van der Waals surface area contributed by atoms with Crippen LogP contribution in [0.25, 0.3) is 0 Å². The molecule has 6 nitrogen and oxygen atoms in total. The lowest BCUT2D eigenvalue weighted by molar-refractivity contribution is -0.142. The van der Waals surface area contributed by atoms with Gasteiger partial charge in [-0.25, -0.2) is 4.79 Å². The van der Waals surface area contributed by atoms with Gasteiger partial charge in [0, 0.05) is 17.3 Å². The summed E-state index contributed by atoms with van der Waals surface area (Å²) in [5.74, 6) is -0.357. The Morgan fingerprint density at radius 1 is 1.17 bits per heavy atom. The molecule has 0 saturated heterocycles. The van der Waals surface area contributed by atoms with Crippen LogP contribution in [0.3, 0.4) is 0 Å². The van der Waals surface area contributed by atoms with Crippen molar-refractivity contribution in [2.75, 3.05) is 19.0 Å². The van der Waals surface area contributed by atoms with Gasteiger partial charge >= 0.3 is 5.97 Å². The highest BCUT2D eigenvalue weighted by molar-refractivity contribution is 6.04. The molecule has 6 heteroatoms. The summed E-state index contributed by atoms with van der Waals surface area (Å²) in [6.07, 6.45) is 0. The van der Waals surface area contributed by atoms with E-state index in [1.165, 1.54) is 7.11 Å². The molecule has 0 aliphatic heterocycles. The van der Waals surface area contributed by atoms with Crippen LogP contribution in [0, 0.1) is 11.3 Å². The number of esters is 1. The van der Waals surface area contributed by atoms with E-state index in [2.05, 4.69) is 10.1 Å². The molecule has 2 rings (SSSR count). The molecule has 0 aromatic heterocycles. The summed E-state index contributed by atoms with van der Waals surface area (Å²) in [5, 5.41) is 11.5. The fraction of sp³-hybridized carbons (Fsp3) is 0.118. The van der Waals surface area contributed by atoms with Crippen molar-refractivity contribution in [2.45, 2.75) is 0 Å². The Morgan fingerprint density at radius 3 is 2.57 bits per heavy atom. The summed E-state index contributed by atoms with van der Waals surface area (Å²) in [7, 11) is 1.28. The van der Waals surface area contributed by atoms with Gasteiger partial charge < -0.3 is 14.8 Å². The van der Waals surface area contributed by atoms with E-state index >= 15 is 0 Å². The third-order valence-corrected chi connectivity index (χ3v) is 2.95. The van der Waals surface area contributed by atoms with Gasteiger partial charge in [0.1, 0.15) is 5.75 Å². The summed E-state index contributed by atoms with van der Waals surface area (Å²) in [6, 6.07) is 15.0. The van der Waals surface area contributed by atoms with Gasteiger partial charge in [-0.15, -0.1) is 0 Å². The topological polar surface area (TPSA) is 88.4 Å². The normalized spacial score (nSPS) is 9.57. The summed E-state index contributed by atoms with van der Waals surface area (Å²) >= 11 is 0. The predicted molar refractivity (Wildman–Crippen MR) is 83.1 cm³/mol. The second-order valence-corrected chi connectivity index (χ2v) is 4.54. The molecule has 0 saturated carbocycles. The number of ether oxygens (including phenoxy) is 2. The van der Waals surface area contributed by atoms with Gasteiger partial charge in [0.15, 0.2) is 6.61 Å². The SMILES string of the molecule is COC(=O)COc1cccc(NC(=O)c2ccc(C#N)cc2)c1. The van der Waals surface area contributed by atoms with E-state index in [0.29, 0.717) is 22.6 Å². The second kappa shape index (κ2) is 7.61. The maximum Gasteiger partial charge on any atom is 0.343 e. The summed E-state index contributed by atoms with van der Waals surface area (Å²) in [4.78, 5) is 23.2. The molecule has 0 atom stereocenters. The Balaban J connectivity index is 2.03. The predicted octanol–water partition coefficient (Wildman–Crippen LogP) is 2.36. The summed E-state index contributed by atoms with van der Waals surface area (Å²) < 4.78 is 9.74. The molecule has 1 N–H and O–H groups in total. The number of hydrogen-bond acceptors (Lipinski definition) is 5. The van der Waals surface area contributed by atoms with E-state index in [1.54, 1.807) is 48.5 Å². The number of nitriles is 1. The highest BCUT2D eigenvalue weighted by atomic mass is 16.6. The van der Waals surface area contributed by atoms with Gasteiger partial charge in [0.2, 0.25) is 0 Å². The van der Waals surface area contributed by atoms with E-state index in [-0.39, 0.29) is 12.5 Å². The molecule has 1 amide bonds. The standard InChI is InChI=1S/C17H14N2O4/c1-22-16(20)11-23-15-4-2-3-14(9-15)19-17(21)13-7-5-12(10-18)6-8-13/h2-9H,11H2,1H3,(H,19,21). The Kier molecular flexibility index (Phi) is 5.31. The fourth-order valence-electron chi connectivity index (χ4n) is 1.76. The van der Waals surface area contributed by atoms with Gasteiger partial charge in [-0.2, -0.15) is 5.26 Å². The van der Waals surface area contributed by atoms with Crippen molar-refractivity contribution in [3.8, 4) is 11.8 Å². The number of nitrogens with one attached hydrogen (secondary N) is 1. The molecule has 23 heavy (non-hydrogen) atoms. The number of benzene rings is 2. The van der Waals surface area contributed by atoms with Gasteiger partial charge in [-0.1, -0.05) is 6.07 Å². The van der Waals surface area contributed by atoms with Crippen LogP contribution in [0.1, 0.15) is 15.9 Å². The van der Waals surface area contributed by atoms with Crippen molar-refractivity contribution in [1.29, 1.82) is 5.26 Å². The fourth-order valence-corrected chi connectivity index (χ4v) is 1.76. The first-order valence-corrected chi connectivity index (χ1v) is 6.73.